The van der Waals surface area contributed by atoms with Crippen LogP contribution in [0.25, 0.3) is 11.8 Å². The van der Waals surface area contributed by atoms with Crippen LogP contribution in [0.1, 0.15) is 42.0 Å². The molecule has 146 valence electrons. The van der Waals surface area contributed by atoms with Crippen LogP contribution in [0.5, 0.6) is 0 Å². The fraction of sp³-hybridized carbons (Fsp3) is 0.261. The number of hydrogen-bond donors (Lipinski definition) is 1. The Morgan fingerprint density at radius 2 is 2.00 bits per heavy atom. The normalized spacial score (nSPS) is 18.3. The van der Waals surface area contributed by atoms with Crippen LogP contribution >= 0.6 is 0 Å². The maximum absolute atomic E-state index is 12.7. The summed E-state index contributed by atoms with van der Waals surface area (Å²) in [6.45, 7) is 6.04. The first-order valence-electron chi connectivity index (χ1n) is 9.61. The highest BCUT2D eigenvalue weighted by Gasteiger charge is 2.36. The van der Waals surface area contributed by atoms with E-state index in [1.165, 1.54) is 6.08 Å². The van der Waals surface area contributed by atoms with Gasteiger partial charge >= 0.3 is 0 Å². The largest absolute Gasteiger partial charge is 0.461 e. The molecule has 0 saturated heterocycles. The molecule has 0 spiro atoms. The number of anilines is 1. The first kappa shape index (κ1) is 18.8. The molecule has 0 radical (unpaired) electrons. The van der Waals surface area contributed by atoms with Crippen molar-refractivity contribution in [3.8, 4) is 11.8 Å². The van der Waals surface area contributed by atoms with Crippen LogP contribution < -0.4 is 5.32 Å². The number of rotatable bonds is 5. The maximum atomic E-state index is 12.7. The Balaban J connectivity index is 1.56. The van der Waals surface area contributed by atoms with Crippen molar-refractivity contribution >= 4 is 17.8 Å². The average molecular weight is 386 g/mol. The number of hydrogen-bond acceptors (Lipinski definition) is 4. The number of furan rings is 1. The van der Waals surface area contributed by atoms with E-state index in [4.69, 9.17) is 4.42 Å². The predicted molar refractivity (Wildman–Crippen MR) is 110 cm³/mol. The Bertz CT molecular complexity index is 1130. The number of aryl methyl sites for hydroxylation is 2. The van der Waals surface area contributed by atoms with Crippen LogP contribution in [0, 0.1) is 31.1 Å². The molecule has 1 N–H and O–H groups in total. The Kier molecular flexibility index (Phi) is 4.81. The molecule has 1 aliphatic rings. The summed E-state index contributed by atoms with van der Waals surface area (Å²) >= 11 is 0. The van der Waals surface area contributed by atoms with E-state index in [1.807, 2.05) is 50.2 Å². The van der Waals surface area contributed by atoms with Crippen LogP contribution in [0.2, 0.25) is 0 Å². The maximum Gasteiger partial charge on any atom is 0.267 e. The highest BCUT2D eigenvalue weighted by atomic mass is 16.3. The van der Waals surface area contributed by atoms with E-state index in [2.05, 4.69) is 17.3 Å². The predicted octanol–water partition coefficient (Wildman–Crippen LogP) is 4.75. The van der Waals surface area contributed by atoms with Gasteiger partial charge < -0.3 is 9.73 Å². The quantitative estimate of drug-likeness (QED) is 0.506. The van der Waals surface area contributed by atoms with Gasteiger partial charge in [-0.1, -0.05) is 24.6 Å². The summed E-state index contributed by atoms with van der Waals surface area (Å²) in [4.78, 5) is 12.7. The molecule has 2 heterocycles. The zero-order valence-electron chi connectivity index (χ0n) is 16.6. The molecular formula is C23H22N4O2. The van der Waals surface area contributed by atoms with Crippen LogP contribution in [0.15, 0.2) is 52.5 Å². The summed E-state index contributed by atoms with van der Waals surface area (Å²) in [6.07, 6.45) is 2.59. The van der Waals surface area contributed by atoms with Gasteiger partial charge in [-0.25, -0.2) is 4.68 Å². The van der Waals surface area contributed by atoms with Crippen molar-refractivity contribution in [1.29, 1.82) is 5.26 Å². The molecule has 1 fully saturated rings. The molecule has 4 rings (SSSR count). The molecule has 1 saturated carbocycles. The van der Waals surface area contributed by atoms with E-state index in [9.17, 15) is 10.1 Å². The second-order valence-corrected chi connectivity index (χ2v) is 7.60. The fourth-order valence-electron chi connectivity index (χ4n) is 3.31. The van der Waals surface area contributed by atoms with E-state index in [-0.39, 0.29) is 5.57 Å². The molecule has 1 amide bonds. The van der Waals surface area contributed by atoms with E-state index in [0.29, 0.717) is 23.4 Å². The smallest absolute Gasteiger partial charge is 0.267 e. The number of nitrogens with one attached hydrogen (secondary N) is 1. The zero-order chi connectivity index (χ0) is 20.5. The number of carbonyl (C=O) groups is 1. The number of benzene rings is 1. The SMILES string of the molecule is Cc1ccc(-n2nc(C)cc2NC(=O)/C(C#N)=C/c2ccc([C@@H]3C[C@H]3C)o2)cc1. The summed E-state index contributed by atoms with van der Waals surface area (Å²) in [5.74, 6) is 2.50. The van der Waals surface area contributed by atoms with Crippen molar-refractivity contribution in [3.63, 3.8) is 0 Å². The number of amides is 1. The third-order valence-electron chi connectivity index (χ3n) is 5.13. The van der Waals surface area contributed by atoms with E-state index >= 15 is 0 Å². The van der Waals surface area contributed by atoms with Crippen molar-refractivity contribution in [1.82, 2.24) is 9.78 Å². The van der Waals surface area contributed by atoms with Gasteiger partial charge in [0, 0.05) is 18.1 Å². The third kappa shape index (κ3) is 3.99. The van der Waals surface area contributed by atoms with Gasteiger partial charge in [-0.3, -0.25) is 4.79 Å². The molecule has 6 nitrogen and oxygen atoms in total. The molecule has 2 aromatic heterocycles. The lowest BCUT2D eigenvalue weighted by Gasteiger charge is -2.08. The summed E-state index contributed by atoms with van der Waals surface area (Å²) < 4.78 is 7.45. The number of nitrogens with zero attached hydrogens (tertiary/aromatic N) is 3. The Hall–Kier alpha value is -3.59. The topological polar surface area (TPSA) is 83.9 Å². The summed E-state index contributed by atoms with van der Waals surface area (Å²) in [5, 5.41) is 16.7. The first-order chi connectivity index (χ1) is 13.9. The van der Waals surface area contributed by atoms with Gasteiger partial charge in [0.15, 0.2) is 0 Å². The van der Waals surface area contributed by atoms with Crippen molar-refractivity contribution in [2.24, 2.45) is 5.92 Å². The first-order valence-corrected chi connectivity index (χ1v) is 9.61. The van der Waals surface area contributed by atoms with Crippen LogP contribution in [-0.4, -0.2) is 15.7 Å². The highest BCUT2D eigenvalue weighted by Crippen LogP contribution is 2.47. The van der Waals surface area contributed by atoms with Gasteiger partial charge in [-0.2, -0.15) is 10.4 Å². The minimum Gasteiger partial charge on any atom is -0.461 e. The van der Waals surface area contributed by atoms with Crippen molar-refractivity contribution in [3.05, 3.63) is 70.8 Å². The van der Waals surface area contributed by atoms with E-state index < -0.39 is 5.91 Å². The third-order valence-corrected chi connectivity index (χ3v) is 5.13. The van der Waals surface area contributed by atoms with Gasteiger partial charge in [0.2, 0.25) is 0 Å². The Morgan fingerprint density at radius 3 is 2.66 bits per heavy atom. The van der Waals surface area contributed by atoms with Crippen LogP contribution in [0.3, 0.4) is 0 Å². The molecule has 3 aromatic rings. The van der Waals surface area contributed by atoms with E-state index in [0.717, 1.165) is 29.1 Å². The molecule has 1 aromatic carbocycles. The highest BCUT2D eigenvalue weighted by molar-refractivity contribution is 6.09. The second-order valence-electron chi connectivity index (χ2n) is 7.60. The molecule has 0 bridgehead atoms. The average Bonchev–Trinajstić information content (AvgIpc) is 3.09. The Morgan fingerprint density at radius 1 is 1.28 bits per heavy atom. The van der Waals surface area contributed by atoms with Gasteiger partial charge in [-0.15, -0.1) is 0 Å². The van der Waals surface area contributed by atoms with Gasteiger partial charge in [-0.05, 0) is 50.5 Å². The van der Waals surface area contributed by atoms with Crippen molar-refractivity contribution in [2.75, 3.05) is 5.32 Å². The standard InChI is InChI=1S/C23H22N4O2/c1-14-4-6-18(7-5-14)27-22(11-16(3)26-27)25-23(28)17(13-24)12-19-8-9-21(29-19)20-10-15(20)2/h4-9,11-12,15,20H,10H2,1-3H3,(H,25,28)/b17-12+/t15-,20-/m1/s1. The summed E-state index contributed by atoms with van der Waals surface area (Å²) in [6, 6.07) is 15.3. The van der Waals surface area contributed by atoms with Crippen molar-refractivity contribution in [2.45, 2.75) is 33.1 Å². The van der Waals surface area contributed by atoms with Crippen LogP contribution in [-0.2, 0) is 4.79 Å². The molecule has 29 heavy (non-hydrogen) atoms. The molecular weight excluding hydrogens is 364 g/mol. The number of aromatic nitrogens is 2. The summed E-state index contributed by atoms with van der Waals surface area (Å²) in [7, 11) is 0. The van der Waals surface area contributed by atoms with Gasteiger partial charge in [0.05, 0.1) is 11.4 Å². The lowest BCUT2D eigenvalue weighted by Crippen LogP contribution is -2.16. The lowest BCUT2D eigenvalue weighted by atomic mass is 10.2. The fourth-order valence-corrected chi connectivity index (χ4v) is 3.31. The van der Waals surface area contributed by atoms with E-state index in [1.54, 1.807) is 16.8 Å². The summed E-state index contributed by atoms with van der Waals surface area (Å²) in [5.41, 5.74) is 2.70. The monoisotopic (exact) mass is 386 g/mol. The van der Waals surface area contributed by atoms with Crippen molar-refractivity contribution < 1.29 is 9.21 Å². The molecule has 0 unspecified atom stereocenters. The van der Waals surface area contributed by atoms with Gasteiger partial charge in [0.1, 0.15) is 29.0 Å². The molecule has 2 atom stereocenters. The minimum atomic E-state index is -0.501. The Labute approximate surface area is 169 Å². The number of nitriles is 1. The molecule has 6 heteroatoms. The molecule has 1 aliphatic carbocycles. The lowest BCUT2D eigenvalue weighted by molar-refractivity contribution is -0.112. The second kappa shape index (κ2) is 7.44. The molecule has 0 aliphatic heterocycles. The zero-order valence-corrected chi connectivity index (χ0v) is 16.6. The van der Waals surface area contributed by atoms with Crippen LogP contribution in [0.4, 0.5) is 5.82 Å². The minimum absolute atomic E-state index is 0.0240. The number of carbonyl (C=O) groups excluding carboxylic acids is 1. The van der Waals surface area contributed by atoms with Gasteiger partial charge in [0.25, 0.3) is 5.91 Å².